The van der Waals surface area contributed by atoms with Crippen molar-refractivity contribution >= 4 is 38.7 Å². The average molecular weight is 424 g/mol. The number of fused-ring (bicyclic) bond motifs is 1. The van der Waals surface area contributed by atoms with Gasteiger partial charge in [-0.25, -0.2) is 9.48 Å². The van der Waals surface area contributed by atoms with Crippen molar-refractivity contribution in [2.24, 2.45) is 7.05 Å². The van der Waals surface area contributed by atoms with E-state index in [0.29, 0.717) is 0 Å². The van der Waals surface area contributed by atoms with E-state index in [9.17, 15) is 4.79 Å². The van der Waals surface area contributed by atoms with Gasteiger partial charge in [0.1, 0.15) is 16.6 Å². The molecule has 3 rings (SSSR count). The minimum Gasteiger partial charge on any atom is -0.444 e. The molecular weight excluding hydrogens is 398 g/mol. The molecule has 7 nitrogen and oxygen atoms in total. The van der Waals surface area contributed by atoms with E-state index < -0.39 is 5.60 Å². The van der Waals surface area contributed by atoms with Crippen LogP contribution in [0, 0.1) is 0 Å². The summed E-state index contributed by atoms with van der Waals surface area (Å²) in [7, 11) is 1.88. The second kappa shape index (κ2) is 6.72. The number of hydrogen-bond donors (Lipinski definition) is 0. The monoisotopic (exact) mass is 423 g/mol. The van der Waals surface area contributed by atoms with Gasteiger partial charge in [-0.3, -0.25) is 4.90 Å². The second-order valence-corrected chi connectivity index (χ2v) is 8.82. The highest BCUT2D eigenvalue weighted by Crippen LogP contribution is 2.33. The number of ether oxygens (including phenoxy) is 1. The molecule has 0 saturated carbocycles. The maximum absolute atomic E-state index is 12.6. The maximum Gasteiger partial charge on any atom is 0.410 e. The van der Waals surface area contributed by atoms with Gasteiger partial charge in [-0.2, -0.15) is 0 Å². The lowest BCUT2D eigenvalue weighted by Gasteiger charge is -2.45. The molecule has 1 aromatic carbocycles. The largest absolute Gasteiger partial charge is 0.444 e. The summed E-state index contributed by atoms with van der Waals surface area (Å²) < 4.78 is 8.33. The number of carbonyl (C=O) groups excluding carboxylic acids is 1. The Balaban J connectivity index is 1.86. The van der Waals surface area contributed by atoms with Crippen LogP contribution in [0.15, 0.2) is 16.6 Å². The number of rotatable bonds is 1. The number of anilines is 1. The third-order valence-electron chi connectivity index (χ3n) is 4.55. The van der Waals surface area contributed by atoms with Gasteiger partial charge in [-0.05, 0) is 62.7 Å². The van der Waals surface area contributed by atoms with Gasteiger partial charge in [0.15, 0.2) is 0 Å². The molecule has 1 aliphatic rings. The van der Waals surface area contributed by atoms with Crippen molar-refractivity contribution in [1.29, 1.82) is 0 Å². The number of amides is 1. The fraction of sp³-hybridized carbons (Fsp3) is 0.611. The van der Waals surface area contributed by atoms with Crippen LogP contribution in [0.25, 0.3) is 11.0 Å². The molecule has 1 amide bonds. The Kier molecular flexibility index (Phi) is 4.90. The zero-order valence-corrected chi connectivity index (χ0v) is 17.7. The number of benzene rings is 1. The first-order chi connectivity index (χ1) is 12.1. The Bertz CT molecular complexity index is 817. The van der Waals surface area contributed by atoms with Gasteiger partial charge < -0.3 is 9.64 Å². The lowest BCUT2D eigenvalue weighted by atomic mass is 10.1. The van der Waals surface area contributed by atoms with Crippen molar-refractivity contribution in [2.45, 2.75) is 52.3 Å². The van der Waals surface area contributed by atoms with E-state index in [1.54, 1.807) is 4.68 Å². The van der Waals surface area contributed by atoms with E-state index in [0.717, 1.165) is 34.3 Å². The van der Waals surface area contributed by atoms with E-state index in [1.807, 2.05) is 38.8 Å². The molecule has 1 fully saturated rings. The Labute approximate surface area is 162 Å². The highest BCUT2D eigenvalue weighted by molar-refractivity contribution is 9.10. The summed E-state index contributed by atoms with van der Waals surface area (Å²) in [6.45, 7) is 11.2. The van der Waals surface area contributed by atoms with Crippen molar-refractivity contribution in [3.8, 4) is 0 Å². The molecular formula is C18H26BrN5O2. The quantitative estimate of drug-likeness (QED) is 0.701. The van der Waals surface area contributed by atoms with E-state index in [-0.39, 0.29) is 18.2 Å². The zero-order chi connectivity index (χ0) is 19.2. The highest BCUT2D eigenvalue weighted by Gasteiger charge is 2.36. The molecule has 2 heterocycles. The standard InChI is InChI=1S/C18H26BrN5O2/c1-11-9-23(10-12(2)24(11)17(25)26-18(3,4)5)14-8-7-13(19)16-15(14)20-21-22(16)6/h7-8,11-12H,9-10H2,1-6H3/t11-,12+. The first kappa shape index (κ1) is 18.9. The SMILES string of the molecule is C[C@@H]1CN(c2ccc(Br)c3c2nnn3C)C[C@H](C)N1C(=O)OC(C)(C)C. The number of carbonyl (C=O) groups is 1. The van der Waals surface area contributed by atoms with Crippen molar-refractivity contribution in [3.63, 3.8) is 0 Å². The van der Waals surface area contributed by atoms with Crippen LogP contribution in [0.2, 0.25) is 0 Å². The predicted molar refractivity (Wildman–Crippen MR) is 105 cm³/mol. The number of aryl methyl sites for hydroxylation is 1. The van der Waals surface area contributed by atoms with Crippen LogP contribution in [0.3, 0.4) is 0 Å². The molecule has 0 N–H and O–H groups in total. The van der Waals surface area contributed by atoms with Crippen molar-refractivity contribution in [1.82, 2.24) is 19.9 Å². The van der Waals surface area contributed by atoms with Crippen LogP contribution in [-0.4, -0.2) is 56.8 Å². The van der Waals surface area contributed by atoms with Crippen LogP contribution in [0.5, 0.6) is 0 Å². The van der Waals surface area contributed by atoms with Gasteiger partial charge in [0.25, 0.3) is 0 Å². The van der Waals surface area contributed by atoms with Gasteiger partial charge >= 0.3 is 6.09 Å². The van der Waals surface area contributed by atoms with E-state index in [1.165, 1.54) is 0 Å². The third kappa shape index (κ3) is 3.51. The molecule has 2 atom stereocenters. The second-order valence-electron chi connectivity index (χ2n) is 7.97. The normalized spacial score (nSPS) is 21.3. The summed E-state index contributed by atoms with van der Waals surface area (Å²) >= 11 is 3.58. The number of nitrogens with zero attached hydrogens (tertiary/aromatic N) is 5. The van der Waals surface area contributed by atoms with Crippen LogP contribution >= 0.6 is 15.9 Å². The zero-order valence-electron chi connectivity index (χ0n) is 16.2. The number of piperazine rings is 1. The lowest BCUT2D eigenvalue weighted by molar-refractivity contribution is 0.00568. The van der Waals surface area contributed by atoms with Gasteiger partial charge in [0.2, 0.25) is 0 Å². The van der Waals surface area contributed by atoms with Gasteiger partial charge in [0.05, 0.1) is 17.8 Å². The molecule has 0 radical (unpaired) electrons. The molecule has 1 saturated heterocycles. The smallest absolute Gasteiger partial charge is 0.410 e. The Morgan fingerprint density at radius 1 is 1.23 bits per heavy atom. The first-order valence-corrected chi connectivity index (χ1v) is 9.62. The molecule has 2 aromatic rings. The summed E-state index contributed by atoms with van der Waals surface area (Å²) in [6, 6.07) is 4.15. The summed E-state index contributed by atoms with van der Waals surface area (Å²) in [5.74, 6) is 0. The molecule has 26 heavy (non-hydrogen) atoms. The van der Waals surface area contributed by atoms with E-state index in [4.69, 9.17) is 4.74 Å². The summed E-state index contributed by atoms with van der Waals surface area (Å²) in [4.78, 5) is 16.7. The van der Waals surface area contributed by atoms with E-state index >= 15 is 0 Å². The summed E-state index contributed by atoms with van der Waals surface area (Å²) in [6.07, 6.45) is -0.252. The molecule has 1 aliphatic heterocycles. The third-order valence-corrected chi connectivity index (χ3v) is 5.19. The lowest BCUT2D eigenvalue weighted by Crippen LogP contribution is -2.59. The Morgan fingerprint density at radius 2 is 1.85 bits per heavy atom. The Hall–Kier alpha value is -1.83. The number of hydrogen-bond acceptors (Lipinski definition) is 5. The molecule has 0 unspecified atom stereocenters. The molecule has 0 bridgehead atoms. The van der Waals surface area contributed by atoms with E-state index in [2.05, 4.69) is 51.1 Å². The van der Waals surface area contributed by atoms with Crippen LogP contribution < -0.4 is 4.90 Å². The number of halogens is 1. The molecule has 8 heteroatoms. The van der Waals surface area contributed by atoms with Crippen LogP contribution in [-0.2, 0) is 11.8 Å². The minimum atomic E-state index is -0.495. The van der Waals surface area contributed by atoms with Gasteiger partial charge in [-0.15, -0.1) is 5.10 Å². The average Bonchev–Trinajstić information content (AvgIpc) is 2.88. The molecule has 142 valence electrons. The van der Waals surface area contributed by atoms with Crippen molar-refractivity contribution in [2.75, 3.05) is 18.0 Å². The van der Waals surface area contributed by atoms with Crippen LogP contribution in [0.4, 0.5) is 10.5 Å². The van der Waals surface area contributed by atoms with Crippen molar-refractivity contribution in [3.05, 3.63) is 16.6 Å². The Morgan fingerprint density at radius 3 is 2.42 bits per heavy atom. The fourth-order valence-electron chi connectivity index (χ4n) is 3.56. The minimum absolute atomic E-state index is 0.0315. The summed E-state index contributed by atoms with van der Waals surface area (Å²) in [5.41, 5.74) is 2.38. The highest BCUT2D eigenvalue weighted by atomic mass is 79.9. The van der Waals surface area contributed by atoms with Gasteiger partial charge in [0, 0.05) is 24.6 Å². The van der Waals surface area contributed by atoms with Crippen LogP contribution in [0.1, 0.15) is 34.6 Å². The molecule has 1 aromatic heterocycles. The first-order valence-electron chi connectivity index (χ1n) is 8.82. The topological polar surface area (TPSA) is 63.5 Å². The summed E-state index contributed by atoms with van der Waals surface area (Å²) in [5, 5.41) is 8.50. The predicted octanol–water partition coefficient (Wildman–Crippen LogP) is 3.56. The van der Waals surface area contributed by atoms with Gasteiger partial charge in [-0.1, -0.05) is 5.21 Å². The molecule has 0 spiro atoms. The molecule has 0 aliphatic carbocycles. The van der Waals surface area contributed by atoms with Crippen molar-refractivity contribution < 1.29 is 9.53 Å². The fourth-order valence-corrected chi connectivity index (χ4v) is 4.13. The maximum atomic E-state index is 12.6. The number of aromatic nitrogens is 3.